The molecule has 0 saturated heterocycles. The average Bonchev–Trinajstić information content (AvgIpc) is 0.727. The zero-order valence-electron chi connectivity index (χ0n) is 51.4. The van der Waals surface area contributed by atoms with Crippen LogP contribution in [0.15, 0.2) is 60.2 Å². The summed E-state index contributed by atoms with van der Waals surface area (Å²) in [5.74, 6) is 11.3. The summed E-state index contributed by atoms with van der Waals surface area (Å²) in [6, 6.07) is 15.8. The normalized spacial score (nSPS) is 38.2. The molecule has 15 rings (SSSR count). The van der Waals surface area contributed by atoms with Gasteiger partial charge in [0.2, 0.25) is 0 Å². The van der Waals surface area contributed by atoms with Crippen LogP contribution in [0.3, 0.4) is 0 Å². The molecule has 0 amide bonds. The number of benzene rings is 3. The Morgan fingerprint density at radius 2 is 1.43 bits per heavy atom. The molecule has 13 heteroatoms. The fraction of sp³-hybridized carbons (Fsp3) is 0.640. The molecule has 88 heavy (non-hydrogen) atoms. The lowest BCUT2D eigenvalue weighted by Gasteiger charge is -2.66. The first-order valence-electron chi connectivity index (χ1n) is 34.2. The smallest absolute Gasteiger partial charge is 0.334 e. The lowest BCUT2D eigenvalue weighted by atomic mass is 9.40. The summed E-state index contributed by atoms with van der Waals surface area (Å²) in [6.07, 6.45) is 14.9. The highest BCUT2D eigenvalue weighted by molar-refractivity contribution is 5.89. The van der Waals surface area contributed by atoms with E-state index in [1.54, 1.807) is 13.0 Å². The van der Waals surface area contributed by atoms with Crippen LogP contribution in [0.4, 0.5) is 5.69 Å². The largest absolute Gasteiger partial charge is 0.507 e. The number of aromatic hydroxyl groups is 1. The summed E-state index contributed by atoms with van der Waals surface area (Å²) in [6.45, 7) is 1.45. The van der Waals surface area contributed by atoms with Gasteiger partial charge in [-0.1, -0.05) is 105 Å². The third-order valence-electron chi connectivity index (χ3n) is 24.1. The van der Waals surface area contributed by atoms with Crippen LogP contribution in [0.5, 0.6) is 11.5 Å². The Bertz CT molecular complexity index is 3340. The van der Waals surface area contributed by atoms with E-state index >= 15 is 4.79 Å². The van der Waals surface area contributed by atoms with E-state index in [1.165, 1.54) is 0 Å². The topological polar surface area (TPSA) is 212 Å². The van der Waals surface area contributed by atoms with E-state index < -0.39 is 64.8 Å². The van der Waals surface area contributed by atoms with Crippen LogP contribution >= 0.6 is 0 Å². The van der Waals surface area contributed by atoms with Crippen molar-refractivity contribution >= 4 is 23.4 Å². The van der Waals surface area contributed by atoms with Crippen molar-refractivity contribution in [3.63, 3.8) is 0 Å². The van der Waals surface area contributed by atoms with Crippen LogP contribution in [-0.4, -0.2) is 97.1 Å². The van der Waals surface area contributed by atoms with Gasteiger partial charge < -0.3 is 50.2 Å². The van der Waals surface area contributed by atoms with E-state index in [0.717, 1.165) is 127 Å². The number of carbonyl (C=O) groups is 3. The molecule has 3 aromatic carbocycles. The first-order chi connectivity index (χ1) is 42.5. The van der Waals surface area contributed by atoms with Gasteiger partial charge in [-0.3, -0.25) is 9.59 Å². The predicted molar refractivity (Wildman–Crippen MR) is 332 cm³/mol. The number of esters is 2. The Morgan fingerprint density at radius 3 is 2.24 bits per heavy atom. The fourth-order valence-electron chi connectivity index (χ4n) is 19.6. The van der Waals surface area contributed by atoms with Gasteiger partial charge >= 0.3 is 11.9 Å². The molecule has 7 N–H and O–H groups in total. The van der Waals surface area contributed by atoms with Crippen molar-refractivity contribution < 1.29 is 59.2 Å². The number of carbonyl (C=O) groups excluding carboxylic acids is 3. The van der Waals surface area contributed by atoms with Crippen LogP contribution in [-0.2, 0) is 43.1 Å². The number of nitrogens with one attached hydrogen (secondary N) is 1. The maximum absolute atomic E-state index is 16.3. The summed E-state index contributed by atoms with van der Waals surface area (Å²) in [5, 5.41) is 80.4. The minimum Gasteiger partial charge on any atom is -0.507 e. The minimum absolute atomic E-state index is 0.0124. The number of hydrogen-bond donors (Lipinski definition) is 7. The molecular weight excluding hydrogens is 1110 g/mol. The van der Waals surface area contributed by atoms with E-state index in [1.807, 2.05) is 36.4 Å². The molecule has 7 saturated carbocycles. The van der Waals surface area contributed by atoms with Crippen LogP contribution in [0, 0.1) is 76.4 Å². The highest BCUT2D eigenvalue weighted by Crippen LogP contribution is 2.66. The molecule has 7 aliphatic carbocycles. The number of hydrogen-bond acceptors (Lipinski definition) is 13. The molecule has 0 radical (unpaired) electrons. The molecule has 15 atom stereocenters. The highest BCUT2D eigenvalue weighted by Gasteiger charge is 2.69. The lowest BCUT2D eigenvalue weighted by molar-refractivity contribution is -0.265. The van der Waals surface area contributed by atoms with Gasteiger partial charge in [-0.05, 0) is 190 Å². The third-order valence-corrected chi connectivity index (χ3v) is 24.1. The third kappa shape index (κ3) is 11.3. The van der Waals surface area contributed by atoms with Gasteiger partial charge in [0.25, 0.3) is 0 Å². The van der Waals surface area contributed by atoms with Crippen molar-refractivity contribution in [2.24, 2.45) is 52.8 Å². The first-order valence-corrected chi connectivity index (χ1v) is 34.2. The van der Waals surface area contributed by atoms with E-state index in [9.17, 15) is 40.2 Å². The number of anilines is 1. The number of ketones is 1. The van der Waals surface area contributed by atoms with Crippen LogP contribution in [0.1, 0.15) is 217 Å². The molecule has 468 valence electrons. The van der Waals surface area contributed by atoms with E-state index in [4.69, 9.17) is 14.2 Å². The molecule has 3 aromatic rings. The molecule has 1 spiro atoms. The van der Waals surface area contributed by atoms with Gasteiger partial charge in [-0.2, -0.15) is 0 Å². The Labute approximate surface area is 519 Å². The summed E-state index contributed by atoms with van der Waals surface area (Å²) in [5.41, 5.74) is 1.39. The fourth-order valence-corrected chi connectivity index (χ4v) is 19.6. The second-order valence-electron chi connectivity index (χ2n) is 29.5. The predicted octanol–water partition coefficient (Wildman–Crippen LogP) is 11.1. The lowest BCUT2D eigenvalue weighted by Crippen LogP contribution is -2.71. The molecule has 5 aliphatic heterocycles. The summed E-state index contributed by atoms with van der Waals surface area (Å²) < 4.78 is 19.8. The van der Waals surface area contributed by atoms with Gasteiger partial charge in [0.15, 0.2) is 0 Å². The second-order valence-corrected chi connectivity index (χ2v) is 29.5. The van der Waals surface area contributed by atoms with Crippen molar-refractivity contribution in [1.29, 1.82) is 0 Å². The summed E-state index contributed by atoms with van der Waals surface area (Å²) in [4.78, 5) is 45.3. The molecule has 12 aliphatic rings. The SMILES string of the molecule is CC1(O)CNc2cc(C3C#CC4CC(=O)Oc5c4cc(c(O)c5C4CCCCC4)CC4OC(=O)C(=CC(O)Cc5cccc(c5)CC5C(=O)CC6CCC7C8CCCCC8C4(O)C6C57)C3)cc(c2)C(O)C2(C#CC3CCC(CC3)OCC1O)CCCCC2. The van der Waals surface area contributed by atoms with Crippen molar-refractivity contribution in [2.45, 2.75) is 233 Å². The number of aliphatic hydroxyl groups is 5. The maximum atomic E-state index is 16.3. The number of ether oxygens (including phenoxy) is 3. The number of phenols is 1. The average molecular weight is 1200 g/mol. The van der Waals surface area contributed by atoms with E-state index in [2.05, 4.69) is 41.1 Å². The number of Topliss-reactive ketones (excluding diaryl/α,β-unsaturated/α-hetero) is 1. The van der Waals surface area contributed by atoms with Gasteiger partial charge in [-0.25, -0.2) is 4.79 Å². The molecule has 13 nitrogen and oxygen atoms in total. The molecule has 15 unspecified atom stereocenters. The Morgan fingerprint density at radius 1 is 0.693 bits per heavy atom. The Hall–Kier alpha value is -5.51. The molecule has 5 heterocycles. The van der Waals surface area contributed by atoms with Crippen LogP contribution in [0.25, 0.3) is 0 Å². The maximum Gasteiger partial charge on any atom is 0.334 e. The second kappa shape index (κ2) is 24.3. The van der Waals surface area contributed by atoms with Crippen molar-refractivity contribution in [3.8, 4) is 35.2 Å². The highest BCUT2D eigenvalue weighted by atomic mass is 16.6. The van der Waals surface area contributed by atoms with Gasteiger partial charge in [0, 0.05) is 65.9 Å². The van der Waals surface area contributed by atoms with Crippen LogP contribution in [0.2, 0.25) is 0 Å². The van der Waals surface area contributed by atoms with Gasteiger partial charge in [0.05, 0.1) is 42.7 Å². The molecule has 0 aromatic heterocycles. The number of rotatable bonds is 2. The quantitative estimate of drug-likeness (QED) is 0.0724. The van der Waals surface area contributed by atoms with E-state index in [0.29, 0.717) is 64.9 Å². The van der Waals surface area contributed by atoms with Crippen molar-refractivity contribution in [1.82, 2.24) is 0 Å². The first kappa shape index (κ1) is 60.1. The summed E-state index contributed by atoms with van der Waals surface area (Å²) in [7, 11) is 0. The standard InChI is InChI=1S/C75H91NO12/c1-73(84)42-76-54-34-50(33-52(35-54)71(82)74(26-8-3-9-27-74)28-25-43-17-22-56(23-18-43)86-41-63(73)79)47-19-20-48-40-65(80)88-70-59(48)37-51(69(81)66(70)46-13-4-2-5-14-46)39-64-75(85)61-16-7-6-15-57(61)58-24-21-49-38-62(78)60(67(58)68(49)75)31-45-12-10-11-44(29-45)30-55(77)36-53(32-47)72(83)87-64/h10-12,29,33-37,43,46-49,55-58,60-61,63-64,67-68,71,76-77,79,81-82,84-85H,2-9,13-18,21-24,26-27,30-32,38-42H2,1H3. The van der Waals surface area contributed by atoms with E-state index in [-0.39, 0.29) is 115 Å². The monoisotopic (exact) mass is 1200 g/mol. The number of fused-ring (bicyclic) bond motifs is 17. The molecule has 7 fully saturated rings. The molecule has 16 bridgehead atoms. The van der Waals surface area contributed by atoms with Crippen LogP contribution < -0.4 is 10.1 Å². The number of aliphatic hydroxyl groups excluding tert-OH is 3. The molecular formula is C75H91NO12. The Kier molecular flexibility index (Phi) is 16.6. The van der Waals surface area contributed by atoms with Gasteiger partial charge in [-0.15, -0.1) is 0 Å². The zero-order chi connectivity index (χ0) is 60.6. The van der Waals surface area contributed by atoms with Crippen molar-refractivity contribution in [2.75, 3.05) is 18.5 Å². The summed E-state index contributed by atoms with van der Waals surface area (Å²) >= 11 is 0. The minimum atomic E-state index is -1.65. The number of phenolic OH excluding ortho intramolecular Hbond substituents is 1. The van der Waals surface area contributed by atoms with Gasteiger partial charge in [0.1, 0.15) is 40.7 Å². The Balaban J connectivity index is 0.975. The van der Waals surface area contributed by atoms with Crippen molar-refractivity contribution in [3.05, 3.63) is 99.1 Å². The zero-order valence-corrected chi connectivity index (χ0v) is 51.4.